The molecule has 0 spiro atoms. The van der Waals surface area contributed by atoms with Gasteiger partial charge in [-0.2, -0.15) is 0 Å². The highest BCUT2D eigenvalue weighted by Gasteiger charge is 2.14. The summed E-state index contributed by atoms with van der Waals surface area (Å²) in [6.45, 7) is 4.90. The van der Waals surface area contributed by atoms with Gasteiger partial charge in [-0.25, -0.2) is 0 Å². The number of carbonyl (C=O) groups excluding carboxylic acids is 1. The summed E-state index contributed by atoms with van der Waals surface area (Å²) in [5, 5.41) is 12.4. The number of phenolic OH excluding ortho intramolecular Hbond substituents is 1. The summed E-state index contributed by atoms with van der Waals surface area (Å²) >= 11 is 0. The molecule has 0 fully saturated rings. The van der Waals surface area contributed by atoms with Crippen LogP contribution in [-0.4, -0.2) is 44.2 Å². The van der Waals surface area contributed by atoms with Crippen LogP contribution in [0.3, 0.4) is 0 Å². The van der Waals surface area contributed by atoms with Crippen molar-refractivity contribution in [1.82, 2.24) is 5.32 Å². The van der Waals surface area contributed by atoms with Gasteiger partial charge in [0.2, 0.25) is 0 Å². The van der Waals surface area contributed by atoms with Crippen LogP contribution in [0.5, 0.6) is 11.5 Å². The molecule has 0 saturated heterocycles. The highest BCUT2D eigenvalue weighted by molar-refractivity contribution is 5.97. The van der Waals surface area contributed by atoms with E-state index in [-0.39, 0.29) is 17.9 Å². The highest BCUT2D eigenvalue weighted by atomic mass is 16.7. The minimum atomic E-state index is -0.491. The molecule has 112 valence electrons. The summed E-state index contributed by atoms with van der Waals surface area (Å²) in [5.74, 6) is -0.0404. The summed E-state index contributed by atoms with van der Waals surface area (Å²) in [4.78, 5) is 12.0. The number of phenols is 1. The molecule has 2 N–H and O–H groups in total. The van der Waals surface area contributed by atoms with Gasteiger partial charge >= 0.3 is 0 Å². The standard InChI is InChI=1S/C14H21NO5/c1-4-19-13(20-5-2)9-15-14(17)11-7-6-10(18-3)8-12(11)16/h6-8,13,16H,4-5,9H2,1-3H3,(H,15,17). The maximum Gasteiger partial charge on any atom is 0.255 e. The zero-order valence-corrected chi connectivity index (χ0v) is 12.0. The van der Waals surface area contributed by atoms with Crippen LogP contribution in [0.4, 0.5) is 0 Å². The third-order valence-electron chi connectivity index (χ3n) is 2.58. The molecule has 0 heterocycles. The Hall–Kier alpha value is -1.79. The van der Waals surface area contributed by atoms with E-state index in [1.165, 1.54) is 19.2 Å². The van der Waals surface area contributed by atoms with Crippen molar-refractivity contribution in [2.24, 2.45) is 0 Å². The second-order valence-electron chi connectivity index (χ2n) is 3.93. The maximum absolute atomic E-state index is 12.0. The van der Waals surface area contributed by atoms with Gasteiger partial charge < -0.3 is 24.6 Å². The van der Waals surface area contributed by atoms with E-state index < -0.39 is 12.2 Å². The predicted octanol–water partition coefficient (Wildman–Crippen LogP) is 1.53. The van der Waals surface area contributed by atoms with Crippen LogP contribution in [0.15, 0.2) is 18.2 Å². The average molecular weight is 283 g/mol. The Kier molecular flexibility index (Phi) is 6.83. The van der Waals surface area contributed by atoms with Crippen molar-refractivity contribution in [2.75, 3.05) is 26.9 Å². The number of aromatic hydroxyl groups is 1. The molecule has 0 saturated carbocycles. The van der Waals surface area contributed by atoms with Gasteiger partial charge in [0.05, 0.1) is 19.2 Å². The van der Waals surface area contributed by atoms with Gasteiger partial charge in [-0.05, 0) is 26.0 Å². The number of hydrogen-bond donors (Lipinski definition) is 2. The third kappa shape index (κ3) is 4.71. The molecule has 1 aromatic rings. The van der Waals surface area contributed by atoms with Crippen LogP contribution in [0.1, 0.15) is 24.2 Å². The number of rotatable bonds is 8. The van der Waals surface area contributed by atoms with Crippen molar-refractivity contribution in [1.29, 1.82) is 0 Å². The number of carbonyl (C=O) groups is 1. The second kappa shape index (κ2) is 8.39. The van der Waals surface area contributed by atoms with Gasteiger partial charge in [-0.15, -0.1) is 0 Å². The summed E-state index contributed by atoms with van der Waals surface area (Å²) in [7, 11) is 1.49. The van der Waals surface area contributed by atoms with Crippen molar-refractivity contribution in [3.63, 3.8) is 0 Å². The molecule has 0 atom stereocenters. The minimum Gasteiger partial charge on any atom is -0.507 e. The molecule has 0 bridgehead atoms. The summed E-state index contributed by atoms with van der Waals surface area (Å²) in [6.07, 6.45) is -0.491. The first-order valence-electron chi connectivity index (χ1n) is 6.50. The summed E-state index contributed by atoms with van der Waals surface area (Å²) in [6, 6.07) is 4.49. The first-order valence-corrected chi connectivity index (χ1v) is 6.50. The molecule has 0 aliphatic rings. The monoisotopic (exact) mass is 283 g/mol. The van der Waals surface area contributed by atoms with Crippen LogP contribution in [0.25, 0.3) is 0 Å². The molecule has 6 heteroatoms. The first kappa shape index (κ1) is 16.3. The average Bonchev–Trinajstić information content (AvgIpc) is 2.44. The molecule has 0 unspecified atom stereocenters. The number of hydrogen-bond acceptors (Lipinski definition) is 5. The van der Waals surface area contributed by atoms with Crippen molar-refractivity contribution in [3.8, 4) is 11.5 Å². The smallest absolute Gasteiger partial charge is 0.255 e. The van der Waals surface area contributed by atoms with Crippen LogP contribution < -0.4 is 10.1 Å². The van der Waals surface area contributed by atoms with Crippen LogP contribution in [0.2, 0.25) is 0 Å². The minimum absolute atomic E-state index is 0.133. The van der Waals surface area contributed by atoms with Crippen molar-refractivity contribution in [3.05, 3.63) is 23.8 Å². The highest BCUT2D eigenvalue weighted by Crippen LogP contribution is 2.23. The zero-order valence-electron chi connectivity index (χ0n) is 12.0. The van der Waals surface area contributed by atoms with Gasteiger partial charge in [0.15, 0.2) is 6.29 Å². The molecular formula is C14H21NO5. The molecule has 1 rings (SSSR count). The van der Waals surface area contributed by atoms with Gasteiger partial charge in [0.25, 0.3) is 5.91 Å². The van der Waals surface area contributed by atoms with E-state index in [1.54, 1.807) is 6.07 Å². The van der Waals surface area contributed by atoms with Crippen molar-refractivity contribution < 1.29 is 24.1 Å². The SMILES string of the molecule is CCOC(CNC(=O)c1ccc(OC)cc1O)OCC. The zero-order chi connectivity index (χ0) is 15.0. The second-order valence-corrected chi connectivity index (χ2v) is 3.93. The largest absolute Gasteiger partial charge is 0.507 e. The number of amides is 1. The Labute approximate surface area is 118 Å². The van der Waals surface area contributed by atoms with Gasteiger partial charge in [-0.1, -0.05) is 0 Å². The summed E-state index contributed by atoms with van der Waals surface area (Å²) in [5.41, 5.74) is 0.178. The van der Waals surface area contributed by atoms with Crippen LogP contribution in [0, 0.1) is 0 Å². The van der Waals surface area contributed by atoms with E-state index in [0.717, 1.165) is 0 Å². The normalized spacial score (nSPS) is 10.6. The van der Waals surface area contributed by atoms with Gasteiger partial charge in [0.1, 0.15) is 11.5 Å². The molecule has 1 aromatic carbocycles. The molecular weight excluding hydrogens is 262 g/mol. The molecule has 6 nitrogen and oxygen atoms in total. The molecule has 1 amide bonds. The van der Waals surface area contributed by atoms with Crippen molar-refractivity contribution >= 4 is 5.91 Å². The lowest BCUT2D eigenvalue weighted by Crippen LogP contribution is -2.35. The number of benzene rings is 1. The van der Waals surface area contributed by atoms with Gasteiger partial charge in [0, 0.05) is 19.3 Å². The lowest BCUT2D eigenvalue weighted by atomic mass is 10.2. The van der Waals surface area contributed by atoms with E-state index >= 15 is 0 Å². The van der Waals surface area contributed by atoms with Crippen LogP contribution >= 0.6 is 0 Å². The Balaban J connectivity index is 2.61. The lowest BCUT2D eigenvalue weighted by molar-refractivity contribution is -0.131. The van der Waals surface area contributed by atoms with Gasteiger partial charge in [-0.3, -0.25) is 4.79 Å². The molecule has 20 heavy (non-hydrogen) atoms. The molecule has 0 radical (unpaired) electrons. The Bertz CT molecular complexity index is 430. The first-order chi connectivity index (χ1) is 9.62. The molecule has 0 aliphatic carbocycles. The number of ether oxygens (including phenoxy) is 3. The fraction of sp³-hybridized carbons (Fsp3) is 0.500. The molecule has 0 aromatic heterocycles. The van der Waals surface area contributed by atoms with E-state index in [1.807, 2.05) is 13.8 Å². The molecule has 0 aliphatic heterocycles. The van der Waals surface area contributed by atoms with Crippen LogP contribution in [-0.2, 0) is 9.47 Å². The number of nitrogens with one attached hydrogen (secondary N) is 1. The van der Waals surface area contributed by atoms with Crippen molar-refractivity contribution in [2.45, 2.75) is 20.1 Å². The third-order valence-corrected chi connectivity index (χ3v) is 2.58. The fourth-order valence-corrected chi connectivity index (χ4v) is 1.64. The quantitative estimate of drug-likeness (QED) is 0.707. The Morgan fingerprint density at radius 3 is 2.45 bits per heavy atom. The maximum atomic E-state index is 12.0. The predicted molar refractivity (Wildman–Crippen MR) is 74.0 cm³/mol. The summed E-state index contributed by atoms with van der Waals surface area (Å²) < 4.78 is 15.6. The van der Waals surface area contributed by atoms with E-state index in [4.69, 9.17) is 14.2 Å². The van der Waals surface area contributed by atoms with E-state index in [0.29, 0.717) is 19.0 Å². The Morgan fingerprint density at radius 2 is 1.95 bits per heavy atom. The van der Waals surface area contributed by atoms with E-state index in [9.17, 15) is 9.90 Å². The number of methoxy groups -OCH3 is 1. The Morgan fingerprint density at radius 1 is 1.30 bits per heavy atom. The fourth-order valence-electron chi connectivity index (χ4n) is 1.64. The topological polar surface area (TPSA) is 77.0 Å². The van der Waals surface area contributed by atoms with E-state index in [2.05, 4.69) is 5.32 Å². The lowest BCUT2D eigenvalue weighted by Gasteiger charge is -2.17.